The summed E-state index contributed by atoms with van der Waals surface area (Å²) in [6.07, 6.45) is 4.16. The molecule has 1 fully saturated rings. The summed E-state index contributed by atoms with van der Waals surface area (Å²) in [5.74, 6) is 2.02. The minimum atomic E-state index is -0.403. The van der Waals surface area contributed by atoms with Crippen molar-refractivity contribution in [3.05, 3.63) is 22.8 Å². The Bertz CT molecular complexity index is 567. The van der Waals surface area contributed by atoms with E-state index in [4.69, 9.17) is 10.3 Å². The molecule has 0 amide bonds. The maximum Gasteiger partial charge on any atom is 0.268 e. The molecule has 0 spiro atoms. The Morgan fingerprint density at radius 2 is 2.16 bits per heavy atom. The van der Waals surface area contributed by atoms with Gasteiger partial charge < -0.3 is 10.3 Å². The van der Waals surface area contributed by atoms with Crippen molar-refractivity contribution in [1.82, 2.24) is 10.1 Å². The minimum absolute atomic E-state index is 0.403. The molecule has 0 atom stereocenters. The van der Waals surface area contributed by atoms with E-state index >= 15 is 0 Å². The van der Waals surface area contributed by atoms with Crippen LogP contribution in [0.5, 0.6) is 0 Å². The van der Waals surface area contributed by atoms with Crippen LogP contribution in [-0.4, -0.2) is 10.1 Å². The van der Waals surface area contributed by atoms with E-state index in [-0.39, 0.29) is 0 Å². The van der Waals surface area contributed by atoms with E-state index in [2.05, 4.69) is 30.1 Å². The van der Waals surface area contributed by atoms with Crippen molar-refractivity contribution in [1.29, 1.82) is 0 Å². The number of aryl methyl sites for hydroxylation is 1. The van der Waals surface area contributed by atoms with Crippen LogP contribution in [0.25, 0.3) is 10.8 Å². The molecule has 0 saturated heterocycles. The van der Waals surface area contributed by atoms with Gasteiger partial charge in [0.1, 0.15) is 0 Å². The van der Waals surface area contributed by atoms with Crippen LogP contribution < -0.4 is 5.73 Å². The molecule has 4 nitrogen and oxygen atoms in total. The largest absolute Gasteiger partial charge is 0.333 e. The van der Waals surface area contributed by atoms with Gasteiger partial charge in [0.15, 0.2) is 5.82 Å². The number of nitrogens with zero attached hydrogens (tertiary/aromatic N) is 2. The van der Waals surface area contributed by atoms with Gasteiger partial charge in [0.05, 0.1) is 10.4 Å². The second-order valence-corrected chi connectivity index (χ2v) is 6.61. The standard InChI is InChI=1S/C14H19N3OS/c1-9-3-6-14(15,7-4-9)13-16-12(18-17-13)11-10(2)5-8-19-11/h5,8-9H,3-4,6-7,15H2,1-2H3. The van der Waals surface area contributed by atoms with E-state index < -0.39 is 5.54 Å². The molecule has 5 heteroatoms. The van der Waals surface area contributed by atoms with Crippen molar-refractivity contribution in [2.45, 2.75) is 45.1 Å². The highest BCUT2D eigenvalue weighted by atomic mass is 32.1. The Labute approximate surface area is 117 Å². The van der Waals surface area contributed by atoms with Gasteiger partial charge in [-0.15, -0.1) is 11.3 Å². The average Bonchev–Trinajstić information content (AvgIpc) is 3.01. The van der Waals surface area contributed by atoms with Crippen LogP contribution in [0, 0.1) is 12.8 Å². The first kappa shape index (κ1) is 12.8. The van der Waals surface area contributed by atoms with E-state index in [1.165, 1.54) is 5.56 Å². The third kappa shape index (κ3) is 2.32. The molecule has 2 N–H and O–H groups in total. The number of thiophene rings is 1. The predicted octanol–water partition coefficient (Wildman–Crippen LogP) is 3.47. The molecule has 2 heterocycles. The number of hydrogen-bond acceptors (Lipinski definition) is 5. The van der Waals surface area contributed by atoms with Gasteiger partial charge in [-0.3, -0.25) is 0 Å². The van der Waals surface area contributed by atoms with Crippen LogP contribution in [0.4, 0.5) is 0 Å². The van der Waals surface area contributed by atoms with Gasteiger partial charge in [-0.25, -0.2) is 0 Å². The first-order chi connectivity index (χ1) is 9.08. The molecule has 0 unspecified atom stereocenters. The number of aromatic nitrogens is 2. The van der Waals surface area contributed by atoms with Crippen LogP contribution >= 0.6 is 11.3 Å². The predicted molar refractivity (Wildman–Crippen MR) is 75.8 cm³/mol. The lowest BCUT2D eigenvalue weighted by atomic mass is 9.77. The zero-order chi connectivity index (χ0) is 13.5. The van der Waals surface area contributed by atoms with Gasteiger partial charge in [0, 0.05) is 0 Å². The van der Waals surface area contributed by atoms with Crippen LogP contribution in [0.15, 0.2) is 16.0 Å². The highest BCUT2D eigenvalue weighted by molar-refractivity contribution is 7.13. The molecule has 102 valence electrons. The smallest absolute Gasteiger partial charge is 0.268 e. The van der Waals surface area contributed by atoms with Gasteiger partial charge in [-0.05, 0) is 55.5 Å². The van der Waals surface area contributed by atoms with Gasteiger partial charge in [-0.2, -0.15) is 4.98 Å². The Morgan fingerprint density at radius 3 is 2.79 bits per heavy atom. The molecule has 0 radical (unpaired) electrons. The molecular formula is C14H19N3OS. The van der Waals surface area contributed by atoms with E-state index in [0.717, 1.165) is 36.5 Å². The highest BCUT2D eigenvalue weighted by Gasteiger charge is 2.36. The van der Waals surface area contributed by atoms with Crippen molar-refractivity contribution >= 4 is 11.3 Å². The Balaban J connectivity index is 1.87. The summed E-state index contributed by atoms with van der Waals surface area (Å²) in [7, 11) is 0. The van der Waals surface area contributed by atoms with Crippen molar-refractivity contribution in [2.75, 3.05) is 0 Å². The van der Waals surface area contributed by atoms with Gasteiger partial charge >= 0.3 is 0 Å². The van der Waals surface area contributed by atoms with E-state index in [9.17, 15) is 0 Å². The second kappa shape index (κ2) is 4.72. The molecule has 19 heavy (non-hydrogen) atoms. The highest BCUT2D eigenvalue weighted by Crippen LogP contribution is 2.37. The molecule has 1 aliphatic carbocycles. The number of rotatable bonds is 2. The fourth-order valence-corrected chi connectivity index (χ4v) is 3.46. The van der Waals surface area contributed by atoms with E-state index in [1.807, 2.05) is 5.38 Å². The summed E-state index contributed by atoms with van der Waals surface area (Å²) < 4.78 is 5.40. The molecule has 3 rings (SSSR count). The van der Waals surface area contributed by atoms with Gasteiger partial charge in [0.2, 0.25) is 0 Å². The summed E-state index contributed by atoms with van der Waals surface area (Å²) >= 11 is 1.62. The maximum atomic E-state index is 6.47. The number of nitrogens with two attached hydrogens (primary N) is 1. The van der Waals surface area contributed by atoms with E-state index in [1.54, 1.807) is 11.3 Å². The molecule has 0 aliphatic heterocycles. The zero-order valence-electron chi connectivity index (χ0n) is 11.3. The molecule has 1 aliphatic rings. The van der Waals surface area contributed by atoms with Gasteiger partial charge in [-0.1, -0.05) is 12.1 Å². The maximum absolute atomic E-state index is 6.47. The van der Waals surface area contributed by atoms with Crippen LogP contribution in [0.1, 0.15) is 44.0 Å². The fraction of sp³-hybridized carbons (Fsp3) is 0.571. The average molecular weight is 277 g/mol. The Morgan fingerprint density at radius 1 is 1.42 bits per heavy atom. The number of hydrogen-bond donors (Lipinski definition) is 1. The normalized spacial score (nSPS) is 27.6. The molecule has 2 aromatic heterocycles. The summed E-state index contributed by atoms with van der Waals surface area (Å²) in [5.41, 5.74) is 7.23. The van der Waals surface area contributed by atoms with E-state index in [0.29, 0.717) is 11.7 Å². The van der Waals surface area contributed by atoms with Crippen molar-refractivity contribution in [3.8, 4) is 10.8 Å². The monoisotopic (exact) mass is 277 g/mol. The lowest BCUT2D eigenvalue weighted by Crippen LogP contribution is -2.41. The second-order valence-electron chi connectivity index (χ2n) is 5.69. The van der Waals surface area contributed by atoms with Crippen molar-refractivity contribution in [3.63, 3.8) is 0 Å². The zero-order valence-corrected chi connectivity index (χ0v) is 12.2. The summed E-state index contributed by atoms with van der Waals surface area (Å²) in [5, 5.41) is 6.17. The third-order valence-electron chi connectivity index (χ3n) is 4.09. The summed E-state index contributed by atoms with van der Waals surface area (Å²) in [6.45, 7) is 4.33. The molecule has 1 saturated carbocycles. The quantitative estimate of drug-likeness (QED) is 0.912. The first-order valence-corrected chi connectivity index (χ1v) is 7.64. The van der Waals surface area contributed by atoms with Crippen molar-refractivity contribution < 1.29 is 4.52 Å². The lowest BCUT2D eigenvalue weighted by Gasteiger charge is -2.33. The lowest BCUT2D eigenvalue weighted by molar-refractivity contribution is 0.230. The topological polar surface area (TPSA) is 64.9 Å². The van der Waals surface area contributed by atoms with Gasteiger partial charge in [0.25, 0.3) is 5.89 Å². The minimum Gasteiger partial charge on any atom is -0.333 e. The Hall–Kier alpha value is -1.20. The van der Waals surface area contributed by atoms with Crippen LogP contribution in [0.3, 0.4) is 0 Å². The molecule has 0 bridgehead atoms. The van der Waals surface area contributed by atoms with Crippen molar-refractivity contribution in [2.24, 2.45) is 11.7 Å². The fourth-order valence-electron chi connectivity index (χ4n) is 2.61. The SMILES string of the molecule is Cc1ccsc1-c1nc(C2(N)CCC(C)CC2)no1. The first-order valence-electron chi connectivity index (χ1n) is 6.76. The molecular weight excluding hydrogens is 258 g/mol. The van der Waals surface area contributed by atoms with Crippen LogP contribution in [0.2, 0.25) is 0 Å². The third-order valence-corrected chi connectivity index (χ3v) is 5.10. The molecule has 0 aromatic carbocycles. The molecule has 2 aromatic rings. The Kier molecular flexibility index (Phi) is 3.19. The summed E-state index contributed by atoms with van der Waals surface area (Å²) in [4.78, 5) is 5.59. The summed E-state index contributed by atoms with van der Waals surface area (Å²) in [6, 6.07) is 2.06. The van der Waals surface area contributed by atoms with Crippen LogP contribution in [-0.2, 0) is 5.54 Å².